The van der Waals surface area contributed by atoms with E-state index in [0.29, 0.717) is 36.4 Å². The third-order valence-electron chi connectivity index (χ3n) is 4.79. The number of carbonyl (C=O) groups is 1. The number of nitrogens with two attached hydrogens (primary N) is 1. The number of hydrogen-bond acceptors (Lipinski definition) is 6. The summed E-state index contributed by atoms with van der Waals surface area (Å²) < 4.78 is 5.58. The highest BCUT2D eigenvalue weighted by Gasteiger charge is 2.41. The van der Waals surface area contributed by atoms with Gasteiger partial charge in [-0.25, -0.2) is 0 Å². The number of dihydropyridines is 1. The molecule has 2 heterocycles. The Morgan fingerprint density at radius 1 is 1.38 bits per heavy atom. The highest BCUT2D eigenvalue weighted by Crippen LogP contribution is 2.46. The summed E-state index contributed by atoms with van der Waals surface area (Å²) in [5.41, 5.74) is 9.14. The molecule has 0 bridgehead atoms. The van der Waals surface area contributed by atoms with E-state index in [0.717, 1.165) is 17.7 Å². The molecule has 0 fully saturated rings. The minimum Gasteiger partial charge on any atom is -0.374 e. The zero-order chi connectivity index (χ0) is 18.7. The quantitative estimate of drug-likeness (QED) is 0.788. The topological polar surface area (TPSA) is 101 Å². The lowest BCUT2D eigenvalue weighted by Gasteiger charge is -2.39. The number of ketones is 1. The molecule has 1 aliphatic heterocycles. The van der Waals surface area contributed by atoms with Crippen LogP contribution in [0, 0.1) is 16.7 Å². The van der Waals surface area contributed by atoms with E-state index in [9.17, 15) is 10.1 Å². The number of nitrogens with zero attached hydrogens (tertiary/aromatic N) is 2. The summed E-state index contributed by atoms with van der Waals surface area (Å²) in [5, 5.41) is 13.2. The number of aromatic nitrogens is 1. The van der Waals surface area contributed by atoms with Crippen LogP contribution in [0.3, 0.4) is 0 Å². The van der Waals surface area contributed by atoms with E-state index in [-0.39, 0.29) is 23.7 Å². The van der Waals surface area contributed by atoms with Crippen molar-refractivity contribution in [2.45, 2.75) is 32.6 Å². The predicted octanol–water partition coefficient (Wildman–Crippen LogP) is 2.16. The number of nitriles is 1. The molecule has 6 heteroatoms. The SMILES string of the molecule is CC1(C)CC(=O)C2=C(C1)NC(COCCN)=C(C#N)C2c1ccncc1. The van der Waals surface area contributed by atoms with Gasteiger partial charge in [-0.2, -0.15) is 5.26 Å². The molecule has 0 aromatic carbocycles. The maximum absolute atomic E-state index is 13.0. The maximum Gasteiger partial charge on any atom is 0.162 e. The smallest absolute Gasteiger partial charge is 0.162 e. The van der Waals surface area contributed by atoms with Gasteiger partial charge in [-0.1, -0.05) is 13.8 Å². The van der Waals surface area contributed by atoms with Crippen LogP contribution in [0.25, 0.3) is 0 Å². The Bertz CT molecular complexity index is 803. The van der Waals surface area contributed by atoms with E-state index in [1.807, 2.05) is 12.1 Å². The average molecular weight is 352 g/mol. The Hall–Kier alpha value is -2.49. The van der Waals surface area contributed by atoms with E-state index in [1.165, 1.54) is 0 Å². The summed E-state index contributed by atoms with van der Waals surface area (Å²) in [6.45, 7) is 5.29. The molecule has 0 spiro atoms. The van der Waals surface area contributed by atoms with Crippen molar-refractivity contribution < 1.29 is 9.53 Å². The van der Waals surface area contributed by atoms with E-state index >= 15 is 0 Å². The number of hydrogen-bond donors (Lipinski definition) is 2. The zero-order valence-corrected chi connectivity index (χ0v) is 15.2. The standard InChI is InChI=1S/C20H24N4O2/c1-20(2)9-15-19(17(25)10-20)18(13-3-6-23-7-4-13)14(11-22)16(24-15)12-26-8-5-21/h3-4,6-7,18,24H,5,8-10,12,21H2,1-2H3. The Balaban J connectivity index is 2.09. The molecule has 1 aromatic heterocycles. The maximum atomic E-state index is 13.0. The lowest BCUT2D eigenvalue weighted by atomic mass is 9.69. The van der Waals surface area contributed by atoms with Crippen LogP contribution in [0.1, 0.15) is 38.2 Å². The molecule has 1 atom stereocenters. The lowest BCUT2D eigenvalue weighted by Crippen LogP contribution is -2.38. The molecule has 26 heavy (non-hydrogen) atoms. The van der Waals surface area contributed by atoms with Crippen LogP contribution in [0.4, 0.5) is 0 Å². The number of Topliss-reactive ketones (excluding diaryl/α,β-unsaturated/α-hetero) is 1. The third kappa shape index (κ3) is 3.55. The first kappa shape index (κ1) is 18.3. The second-order valence-corrected chi connectivity index (χ2v) is 7.52. The van der Waals surface area contributed by atoms with Crippen LogP contribution in [-0.2, 0) is 9.53 Å². The van der Waals surface area contributed by atoms with Gasteiger partial charge >= 0.3 is 0 Å². The monoisotopic (exact) mass is 352 g/mol. The van der Waals surface area contributed by atoms with Crippen LogP contribution in [0.15, 0.2) is 47.1 Å². The summed E-state index contributed by atoms with van der Waals surface area (Å²) in [6.07, 6.45) is 4.62. The second-order valence-electron chi connectivity index (χ2n) is 7.52. The van der Waals surface area contributed by atoms with E-state index < -0.39 is 0 Å². The van der Waals surface area contributed by atoms with Crippen LogP contribution >= 0.6 is 0 Å². The van der Waals surface area contributed by atoms with Crippen molar-refractivity contribution in [3.63, 3.8) is 0 Å². The largest absolute Gasteiger partial charge is 0.374 e. The number of allylic oxidation sites excluding steroid dienone is 3. The van der Waals surface area contributed by atoms with Gasteiger partial charge in [0.05, 0.1) is 36.5 Å². The summed E-state index contributed by atoms with van der Waals surface area (Å²) in [5.74, 6) is -0.278. The fourth-order valence-electron chi connectivity index (χ4n) is 3.74. The van der Waals surface area contributed by atoms with Crippen LogP contribution < -0.4 is 11.1 Å². The van der Waals surface area contributed by atoms with Crippen molar-refractivity contribution in [2.75, 3.05) is 19.8 Å². The van der Waals surface area contributed by atoms with Crippen molar-refractivity contribution in [1.29, 1.82) is 5.26 Å². The summed E-state index contributed by atoms with van der Waals surface area (Å²) in [7, 11) is 0. The van der Waals surface area contributed by atoms with Gasteiger partial charge in [-0.05, 0) is 29.5 Å². The first-order valence-corrected chi connectivity index (χ1v) is 8.81. The van der Waals surface area contributed by atoms with Gasteiger partial charge in [0.2, 0.25) is 0 Å². The average Bonchev–Trinajstić information content (AvgIpc) is 2.60. The first-order valence-electron chi connectivity index (χ1n) is 8.81. The molecule has 0 amide bonds. The Morgan fingerprint density at radius 3 is 2.77 bits per heavy atom. The fraction of sp³-hybridized carbons (Fsp3) is 0.450. The molecule has 1 aliphatic carbocycles. The molecule has 0 radical (unpaired) electrons. The van der Waals surface area contributed by atoms with Gasteiger partial charge in [0.25, 0.3) is 0 Å². The minimum atomic E-state index is -0.376. The van der Waals surface area contributed by atoms with Gasteiger partial charge in [0.1, 0.15) is 0 Å². The molecular formula is C20H24N4O2. The Kier molecular flexibility index (Phi) is 5.21. The van der Waals surface area contributed by atoms with Crippen molar-refractivity contribution in [3.05, 3.63) is 52.6 Å². The summed E-state index contributed by atoms with van der Waals surface area (Å²) in [4.78, 5) is 17.0. The molecule has 1 aromatic rings. The number of pyridine rings is 1. The molecule has 2 aliphatic rings. The van der Waals surface area contributed by atoms with Crippen molar-refractivity contribution in [1.82, 2.24) is 10.3 Å². The number of nitrogens with one attached hydrogen (secondary N) is 1. The summed E-state index contributed by atoms with van der Waals surface area (Å²) in [6, 6.07) is 6.03. The van der Waals surface area contributed by atoms with Gasteiger partial charge < -0.3 is 15.8 Å². The highest BCUT2D eigenvalue weighted by atomic mass is 16.5. The Morgan fingerprint density at radius 2 is 2.12 bits per heavy atom. The molecule has 6 nitrogen and oxygen atoms in total. The van der Waals surface area contributed by atoms with E-state index in [4.69, 9.17) is 10.5 Å². The third-order valence-corrected chi connectivity index (χ3v) is 4.79. The van der Waals surface area contributed by atoms with E-state index in [2.05, 4.69) is 30.2 Å². The van der Waals surface area contributed by atoms with Crippen LogP contribution in [0.5, 0.6) is 0 Å². The second kappa shape index (κ2) is 7.40. The Labute approximate surface area is 153 Å². The molecule has 0 saturated carbocycles. The molecular weight excluding hydrogens is 328 g/mol. The number of ether oxygens (including phenoxy) is 1. The molecule has 136 valence electrons. The normalized spacial score (nSPS) is 21.9. The highest BCUT2D eigenvalue weighted by molar-refractivity contribution is 6.00. The van der Waals surface area contributed by atoms with Gasteiger partial charge in [-0.15, -0.1) is 0 Å². The fourth-order valence-corrected chi connectivity index (χ4v) is 3.74. The van der Waals surface area contributed by atoms with Crippen LogP contribution in [-0.4, -0.2) is 30.5 Å². The number of carbonyl (C=O) groups excluding carboxylic acids is 1. The lowest BCUT2D eigenvalue weighted by molar-refractivity contribution is -0.118. The molecule has 3 rings (SSSR count). The molecule has 1 unspecified atom stereocenters. The van der Waals surface area contributed by atoms with Gasteiger partial charge in [-0.3, -0.25) is 9.78 Å². The minimum absolute atomic E-state index is 0.0974. The van der Waals surface area contributed by atoms with Gasteiger partial charge in [0, 0.05) is 36.6 Å². The van der Waals surface area contributed by atoms with Crippen molar-refractivity contribution >= 4 is 5.78 Å². The predicted molar refractivity (Wildman–Crippen MR) is 97.7 cm³/mol. The molecule has 0 saturated heterocycles. The van der Waals surface area contributed by atoms with Crippen LogP contribution in [0.2, 0.25) is 0 Å². The zero-order valence-electron chi connectivity index (χ0n) is 15.2. The van der Waals surface area contributed by atoms with Gasteiger partial charge in [0.15, 0.2) is 5.78 Å². The summed E-state index contributed by atoms with van der Waals surface area (Å²) >= 11 is 0. The number of rotatable bonds is 5. The van der Waals surface area contributed by atoms with E-state index in [1.54, 1.807) is 12.4 Å². The van der Waals surface area contributed by atoms with Crippen molar-refractivity contribution in [2.24, 2.45) is 11.1 Å². The van der Waals surface area contributed by atoms with Crippen molar-refractivity contribution in [3.8, 4) is 6.07 Å². The first-order chi connectivity index (χ1) is 12.5. The molecule has 3 N–H and O–H groups in total.